The van der Waals surface area contributed by atoms with Gasteiger partial charge in [0, 0.05) is 5.56 Å². The molecule has 0 aliphatic carbocycles. The monoisotopic (exact) mass is 358 g/mol. The lowest BCUT2D eigenvalue weighted by atomic mass is 9.82. The van der Waals surface area contributed by atoms with Gasteiger partial charge in [0.1, 0.15) is 0 Å². The van der Waals surface area contributed by atoms with Crippen LogP contribution in [-0.2, 0) is 0 Å². The van der Waals surface area contributed by atoms with E-state index in [1.807, 2.05) is 0 Å². The SMILES string of the molecule is F/C(=C(/F)C(C(F)(F)F)(C(F)(F)F)C(F)(F)F)c1ccccc1. The largest absolute Gasteiger partial charge is 0.418 e. The van der Waals surface area contributed by atoms with Gasteiger partial charge in [0.15, 0.2) is 11.7 Å². The maximum atomic E-state index is 13.6. The van der Waals surface area contributed by atoms with Crippen molar-refractivity contribution in [3.63, 3.8) is 0 Å². The Bertz CT molecular complexity index is 538. The summed E-state index contributed by atoms with van der Waals surface area (Å²) in [7, 11) is 0. The molecule has 0 atom stereocenters. The number of hydrogen-bond donors (Lipinski definition) is 0. The van der Waals surface area contributed by atoms with Crippen molar-refractivity contribution in [3.8, 4) is 0 Å². The topological polar surface area (TPSA) is 0 Å². The van der Waals surface area contributed by atoms with E-state index >= 15 is 0 Å². The highest BCUT2D eigenvalue weighted by Gasteiger charge is 2.87. The van der Waals surface area contributed by atoms with Gasteiger partial charge < -0.3 is 0 Å². The highest BCUT2D eigenvalue weighted by molar-refractivity contribution is 5.62. The Labute approximate surface area is 121 Å². The Hall–Kier alpha value is -1.81. The highest BCUT2D eigenvalue weighted by Crippen LogP contribution is 2.64. The molecule has 23 heavy (non-hydrogen) atoms. The Morgan fingerprint density at radius 3 is 1.26 bits per heavy atom. The fourth-order valence-corrected chi connectivity index (χ4v) is 1.73. The first-order valence-electron chi connectivity index (χ1n) is 5.49. The number of halogens is 11. The summed E-state index contributed by atoms with van der Waals surface area (Å²) in [5.41, 5.74) is -8.17. The van der Waals surface area contributed by atoms with Gasteiger partial charge in [-0.3, -0.25) is 0 Å². The number of alkyl halides is 9. The lowest BCUT2D eigenvalue weighted by molar-refractivity contribution is -0.415. The van der Waals surface area contributed by atoms with Crippen LogP contribution in [0.5, 0.6) is 0 Å². The van der Waals surface area contributed by atoms with E-state index in [1.165, 1.54) is 0 Å². The maximum Gasteiger partial charge on any atom is 0.418 e. The van der Waals surface area contributed by atoms with Gasteiger partial charge in [-0.1, -0.05) is 30.3 Å². The number of rotatable bonds is 2. The first kappa shape index (κ1) is 19.2. The molecule has 0 nitrogen and oxygen atoms in total. The van der Waals surface area contributed by atoms with Crippen LogP contribution in [0.3, 0.4) is 0 Å². The molecule has 11 heteroatoms. The summed E-state index contributed by atoms with van der Waals surface area (Å²) in [5.74, 6) is -6.92. The molecule has 0 bridgehead atoms. The minimum absolute atomic E-state index is 0.517. The minimum atomic E-state index is -7.21. The molecule has 0 amide bonds. The molecule has 0 saturated carbocycles. The lowest BCUT2D eigenvalue weighted by Crippen LogP contribution is -2.60. The average molecular weight is 358 g/mol. The summed E-state index contributed by atoms with van der Waals surface area (Å²) in [6, 6.07) is 3.95. The first-order valence-corrected chi connectivity index (χ1v) is 5.49. The van der Waals surface area contributed by atoms with E-state index in [9.17, 15) is 48.3 Å². The Morgan fingerprint density at radius 1 is 0.609 bits per heavy atom. The molecule has 0 saturated heterocycles. The maximum absolute atomic E-state index is 13.6. The molecular weight excluding hydrogens is 353 g/mol. The summed E-state index contributed by atoms with van der Waals surface area (Å²) >= 11 is 0. The van der Waals surface area contributed by atoms with E-state index in [1.54, 1.807) is 0 Å². The molecule has 0 fully saturated rings. The summed E-state index contributed by atoms with van der Waals surface area (Å²) in [6.07, 6.45) is -21.6. The van der Waals surface area contributed by atoms with Crippen molar-refractivity contribution in [1.82, 2.24) is 0 Å². The van der Waals surface area contributed by atoms with Gasteiger partial charge in [-0.2, -0.15) is 39.5 Å². The number of hydrogen-bond acceptors (Lipinski definition) is 0. The molecule has 0 spiro atoms. The van der Waals surface area contributed by atoms with E-state index in [-0.39, 0.29) is 0 Å². The van der Waals surface area contributed by atoms with Crippen LogP contribution in [0, 0.1) is 5.41 Å². The molecule has 1 aromatic rings. The van der Waals surface area contributed by atoms with Gasteiger partial charge >= 0.3 is 23.9 Å². The summed E-state index contributed by atoms with van der Waals surface area (Å²) in [5, 5.41) is 0. The van der Waals surface area contributed by atoms with Crippen LogP contribution < -0.4 is 0 Å². The molecule has 0 heterocycles. The van der Waals surface area contributed by atoms with Crippen molar-refractivity contribution in [2.75, 3.05) is 0 Å². The smallest absolute Gasteiger partial charge is 0.207 e. The van der Waals surface area contributed by atoms with Crippen LogP contribution in [0.4, 0.5) is 48.3 Å². The van der Waals surface area contributed by atoms with Crippen LogP contribution in [0.1, 0.15) is 5.56 Å². The Balaban J connectivity index is 3.85. The molecule has 130 valence electrons. The Kier molecular flexibility index (Phi) is 4.75. The zero-order valence-electron chi connectivity index (χ0n) is 10.5. The lowest BCUT2D eigenvalue weighted by Gasteiger charge is -2.37. The van der Waals surface area contributed by atoms with Gasteiger partial charge in [0.2, 0.25) is 0 Å². The second-order valence-corrected chi connectivity index (χ2v) is 4.24. The van der Waals surface area contributed by atoms with E-state index < -0.39 is 41.2 Å². The fourth-order valence-electron chi connectivity index (χ4n) is 1.73. The van der Waals surface area contributed by atoms with Crippen molar-refractivity contribution in [2.24, 2.45) is 5.41 Å². The third-order valence-corrected chi connectivity index (χ3v) is 2.82. The van der Waals surface area contributed by atoms with Crippen LogP contribution in [0.2, 0.25) is 0 Å². The molecule has 0 radical (unpaired) electrons. The predicted octanol–water partition coefficient (Wildman–Crippen LogP) is 5.97. The minimum Gasteiger partial charge on any atom is -0.207 e. The third-order valence-electron chi connectivity index (χ3n) is 2.82. The molecular formula is C12H5F11. The van der Waals surface area contributed by atoms with Crippen molar-refractivity contribution in [3.05, 3.63) is 41.7 Å². The average Bonchev–Trinajstić information content (AvgIpc) is 2.34. The molecule has 0 aliphatic heterocycles. The van der Waals surface area contributed by atoms with Gasteiger partial charge in [0.25, 0.3) is 0 Å². The predicted molar refractivity (Wildman–Crippen MR) is 56.2 cm³/mol. The molecule has 1 aromatic carbocycles. The molecule has 0 aliphatic rings. The highest BCUT2D eigenvalue weighted by atomic mass is 19.4. The Morgan fingerprint density at radius 2 is 0.957 bits per heavy atom. The molecule has 0 aromatic heterocycles. The van der Waals surface area contributed by atoms with E-state index in [0.29, 0.717) is 12.1 Å². The first-order chi connectivity index (χ1) is 10.2. The summed E-state index contributed by atoms with van der Waals surface area (Å²) in [6.45, 7) is 0. The number of allylic oxidation sites excluding steroid dienone is 1. The van der Waals surface area contributed by atoms with Crippen LogP contribution in [0.15, 0.2) is 36.2 Å². The van der Waals surface area contributed by atoms with Gasteiger partial charge in [-0.25, -0.2) is 8.78 Å². The van der Waals surface area contributed by atoms with Gasteiger partial charge in [-0.15, -0.1) is 0 Å². The second-order valence-electron chi connectivity index (χ2n) is 4.24. The molecule has 1 rings (SSSR count). The zero-order valence-corrected chi connectivity index (χ0v) is 10.5. The standard InChI is InChI=1S/C12H5F11/c13-7(6-4-2-1-3-5-6)8(14)9(10(15,16)17,11(18,19)20)12(21,22)23/h1-5H/b8-7+. The van der Waals surface area contributed by atoms with Crippen molar-refractivity contribution in [2.45, 2.75) is 18.5 Å². The second kappa shape index (κ2) is 5.68. The summed E-state index contributed by atoms with van der Waals surface area (Å²) < 4.78 is 141. The fraction of sp³-hybridized carbons (Fsp3) is 0.333. The third kappa shape index (κ3) is 3.00. The van der Waals surface area contributed by atoms with E-state index in [2.05, 4.69) is 0 Å². The summed E-state index contributed by atoms with van der Waals surface area (Å²) in [4.78, 5) is 0. The number of benzene rings is 1. The van der Waals surface area contributed by atoms with Crippen LogP contribution in [0.25, 0.3) is 5.83 Å². The van der Waals surface area contributed by atoms with Gasteiger partial charge in [-0.05, 0) is 0 Å². The van der Waals surface area contributed by atoms with Crippen molar-refractivity contribution >= 4 is 5.83 Å². The molecule has 0 unspecified atom stereocenters. The van der Waals surface area contributed by atoms with Crippen molar-refractivity contribution < 1.29 is 48.3 Å². The van der Waals surface area contributed by atoms with Crippen LogP contribution >= 0.6 is 0 Å². The van der Waals surface area contributed by atoms with E-state index in [0.717, 1.165) is 18.2 Å². The van der Waals surface area contributed by atoms with Crippen LogP contribution in [-0.4, -0.2) is 18.5 Å². The molecule has 0 N–H and O–H groups in total. The normalized spacial score (nSPS) is 15.4. The zero-order chi connectivity index (χ0) is 18.3. The van der Waals surface area contributed by atoms with Gasteiger partial charge in [0.05, 0.1) is 0 Å². The van der Waals surface area contributed by atoms with Crippen molar-refractivity contribution in [1.29, 1.82) is 0 Å². The van der Waals surface area contributed by atoms with E-state index in [4.69, 9.17) is 0 Å². The quantitative estimate of drug-likeness (QED) is 0.572.